The minimum absolute atomic E-state index is 0.118. The molecule has 3 aromatic carbocycles. The first-order valence-corrected chi connectivity index (χ1v) is 14.9. The van der Waals surface area contributed by atoms with Gasteiger partial charge in [-0.25, -0.2) is 13.4 Å². The molecule has 0 aliphatic carbocycles. The van der Waals surface area contributed by atoms with Crippen molar-refractivity contribution in [2.45, 2.75) is 54.7 Å². The van der Waals surface area contributed by atoms with E-state index >= 15 is 0 Å². The quantitative estimate of drug-likeness (QED) is 0.255. The van der Waals surface area contributed by atoms with Crippen molar-refractivity contribution in [2.24, 2.45) is 0 Å². The predicted molar refractivity (Wildman–Crippen MR) is 149 cm³/mol. The zero-order chi connectivity index (χ0) is 26.7. The van der Waals surface area contributed by atoms with Gasteiger partial charge in [0.1, 0.15) is 5.69 Å². The van der Waals surface area contributed by atoms with E-state index in [0.717, 1.165) is 43.4 Å². The Morgan fingerprint density at radius 1 is 0.769 bits per heavy atom. The highest BCUT2D eigenvalue weighted by Crippen LogP contribution is 2.46. The Labute approximate surface area is 228 Å². The van der Waals surface area contributed by atoms with Gasteiger partial charge < -0.3 is 4.42 Å². The minimum atomic E-state index is -3.97. The Morgan fingerprint density at radius 3 is 2.13 bits per heavy atom. The van der Waals surface area contributed by atoms with Gasteiger partial charge in [0.25, 0.3) is 0 Å². The van der Waals surface area contributed by atoms with E-state index < -0.39 is 14.6 Å². The van der Waals surface area contributed by atoms with Crippen molar-refractivity contribution < 1.29 is 12.8 Å². The summed E-state index contributed by atoms with van der Waals surface area (Å²) in [5, 5.41) is 8.67. The molecule has 8 heteroatoms. The number of benzene rings is 3. The first kappa shape index (κ1) is 25.2. The SMILES string of the molecule is O=S(=O)(c1ccccc1)C1(c2nc(-c3ccccc3)c(-c3ccccc3)o2)CCCCCCn2cc(nn2)C1. The molecule has 6 rings (SSSR count). The number of hydrogen-bond donors (Lipinski definition) is 0. The van der Waals surface area contributed by atoms with Gasteiger partial charge in [-0.2, -0.15) is 0 Å². The van der Waals surface area contributed by atoms with Crippen molar-refractivity contribution in [3.05, 3.63) is 109 Å². The average molecular weight is 539 g/mol. The normalized spacial score (nSPS) is 18.4. The van der Waals surface area contributed by atoms with E-state index in [4.69, 9.17) is 9.40 Å². The molecule has 0 spiro atoms. The number of aromatic nitrogens is 4. The lowest BCUT2D eigenvalue weighted by Crippen LogP contribution is -2.39. The summed E-state index contributed by atoms with van der Waals surface area (Å²) in [5.41, 5.74) is 2.93. The summed E-state index contributed by atoms with van der Waals surface area (Å²) in [7, 11) is -3.97. The van der Waals surface area contributed by atoms with Crippen LogP contribution in [0.1, 0.15) is 43.7 Å². The Morgan fingerprint density at radius 2 is 1.41 bits per heavy atom. The van der Waals surface area contributed by atoms with E-state index in [9.17, 15) is 8.42 Å². The smallest absolute Gasteiger partial charge is 0.217 e. The summed E-state index contributed by atoms with van der Waals surface area (Å²) in [4.78, 5) is 5.26. The standard InChI is InChI=1S/C31H30N4O3S/c36-39(37,27-18-10-5-11-19-27)31(20-12-1-2-13-21-35-23-26(22-31)33-34-35)30-32-28(24-14-6-3-7-15-24)29(38-30)25-16-8-4-9-17-25/h3-11,14-19,23H,1-2,12-13,20-22H2. The molecular formula is C31H30N4O3S. The van der Waals surface area contributed by atoms with Crippen LogP contribution in [-0.2, 0) is 27.5 Å². The number of sulfone groups is 1. The second kappa shape index (κ2) is 10.6. The van der Waals surface area contributed by atoms with Crippen LogP contribution in [0.5, 0.6) is 0 Å². The molecule has 0 saturated carbocycles. The van der Waals surface area contributed by atoms with Gasteiger partial charge in [0, 0.05) is 30.3 Å². The summed E-state index contributed by atoms with van der Waals surface area (Å²) in [5.74, 6) is 0.746. The van der Waals surface area contributed by atoms with E-state index in [-0.39, 0.29) is 17.2 Å². The molecule has 0 amide bonds. The summed E-state index contributed by atoms with van der Waals surface area (Å²) < 4.78 is 36.4. The zero-order valence-corrected chi connectivity index (χ0v) is 22.4. The number of fused-ring (bicyclic) bond motifs is 2. The number of rotatable bonds is 5. The maximum Gasteiger partial charge on any atom is 0.217 e. The maximum absolute atomic E-state index is 14.7. The Kier molecular flexibility index (Phi) is 6.87. The first-order chi connectivity index (χ1) is 19.1. The molecule has 1 aliphatic heterocycles. The molecule has 1 unspecified atom stereocenters. The highest BCUT2D eigenvalue weighted by atomic mass is 32.2. The van der Waals surface area contributed by atoms with Crippen LogP contribution in [0.3, 0.4) is 0 Å². The summed E-state index contributed by atoms with van der Waals surface area (Å²) >= 11 is 0. The first-order valence-electron chi connectivity index (χ1n) is 13.4. The summed E-state index contributed by atoms with van der Waals surface area (Å²) in [6.45, 7) is 0.765. The molecule has 5 aromatic rings. The zero-order valence-electron chi connectivity index (χ0n) is 21.6. The van der Waals surface area contributed by atoms with Crippen LogP contribution < -0.4 is 0 Å². The van der Waals surface area contributed by atoms with Crippen molar-refractivity contribution in [3.63, 3.8) is 0 Å². The average Bonchev–Trinajstić information content (AvgIpc) is 3.62. The van der Waals surface area contributed by atoms with Crippen molar-refractivity contribution in [1.82, 2.24) is 20.0 Å². The lowest BCUT2D eigenvalue weighted by Gasteiger charge is -2.30. The number of aryl methyl sites for hydroxylation is 1. The van der Waals surface area contributed by atoms with E-state index in [1.165, 1.54) is 0 Å². The van der Waals surface area contributed by atoms with Crippen molar-refractivity contribution >= 4 is 9.84 Å². The van der Waals surface area contributed by atoms with Crippen LogP contribution in [0.4, 0.5) is 0 Å². The van der Waals surface area contributed by atoms with Gasteiger partial charge in [-0.05, 0) is 25.0 Å². The largest absolute Gasteiger partial charge is 0.438 e. The van der Waals surface area contributed by atoms with Crippen LogP contribution in [0.25, 0.3) is 22.6 Å². The minimum Gasteiger partial charge on any atom is -0.438 e. The summed E-state index contributed by atoms with van der Waals surface area (Å²) in [6, 6.07) is 28.1. The van der Waals surface area contributed by atoms with E-state index in [2.05, 4.69) is 10.3 Å². The van der Waals surface area contributed by atoms with E-state index in [1.54, 1.807) is 28.9 Å². The molecule has 0 N–H and O–H groups in total. The molecule has 1 aliphatic rings. The van der Waals surface area contributed by atoms with Gasteiger partial charge >= 0.3 is 0 Å². The van der Waals surface area contributed by atoms with Gasteiger partial charge in [-0.15, -0.1) is 5.10 Å². The van der Waals surface area contributed by atoms with Gasteiger partial charge in [-0.3, -0.25) is 4.68 Å². The van der Waals surface area contributed by atoms with Crippen LogP contribution in [-0.4, -0.2) is 28.4 Å². The van der Waals surface area contributed by atoms with Crippen molar-refractivity contribution in [2.75, 3.05) is 0 Å². The molecule has 0 radical (unpaired) electrons. The fraction of sp³-hybridized carbons (Fsp3) is 0.258. The number of oxazole rings is 1. The predicted octanol–water partition coefficient (Wildman–Crippen LogP) is 6.48. The molecule has 7 nitrogen and oxygen atoms in total. The molecule has 0 saturated heterocycles. The van der Waals surface area contributed by atoms with Gasteiger partial charge in [0.2, 0.25) is 5.89 Å². The molecule has 198 valence electrons. The highest BCUT2D eigenvalue weighted by Gasteiger charge is 2.51. The second-order valence-corrected chi connectivity index (χ2v) is 12.3. The van der Waals surface area contributed by atoms with E-state index in [1.807, 2.05) is 72.9 Å². The van der Waals surface area contributed by atoms with Crippen LogP contribution >= 0.6 is 0 Å². The lowest BCUT2D eigenvalue weighted by molar-refractivity contribution is 0.368. The van der Waals surface area contributed by atoms with Crippen LogP contribution in [0.2, 0.25) is 0 Å². The Bertz CT molecular complexity index is 1590. The fourth-order valence-corrected chi connectivity index (χ4v) is 7.43. The van der Waals surface area contributed by atoms with Gasteiger partial charge in [-0.1, -0.05) is 103 Å². The molecule has 2 bridgehead atoms. The molecule has 0 fully saturated rings. The van der Waals surface area contributed by atoms with Crippen LogP contribution in [0, 0.1) is 0 Å². The Balaban J connectivity index is 1.61. The Hall–Kier alpha value is -4.04. The van der Waals surface area contributed by atoms with E-state index in [0.29, 0.717) is 23.6 Å². The monoisotopic (exact) mass is 538 g/mol. The third kappa shape index (κ3) is 4.81. The number of hydrogen-bond acceptors (Lipinski definition) is 6. The van der Waals surface area contributed by atoms with Crippen molar-refractivity contribution in [1.29, 1.82) is 0 Å². The molecule has 1 atom stereocenters. The van der Waals surface area contributed by atoms with Crippen LogP contribution in [0.15, 0.2) is 107 Å². The fourth-order valence-electron chi connectivity index (χ4n) is 5.39. The molecule has 3 heterocycles. The summed E-state index contributed by atoms with van der Waals surface area (Å²) in [6.07, 6.45) is 5.92. The number of nitrogens with zero attached hydrogens (tertiary/aromatic N) is 4. The molecule has 39 heavy (non-hydrogen) atoms. The molecule has 2 aromatic heterocycles. The second-order valence-electron chi connectivity index (χ2n) is 10.1. The van der Waals surface area contributed by atoms with Gasteiger partial charge in [0.15, 0.2) is 20.3 Å². The van der Waals surface area contributed by atoms with Crippen molar-refractivity contribution in [3.8, 4) is 22.6 Å². The third-order valence-electron chi connectivity index (χ3n) is 7.44. The molecular weight excluding hydrogens is 508 g/mol. The highest BCUT2D eigenvalue weighted by molar-refractivity contribution is 7.92. The topological polar surface area (TPSA) is 90.9 Å². The lowest BCUT2D eigenvalue weighted by atomic mass is 9.94. The maximum atomic E-state index is 14.7. The van der Waals surface area contributed by atoms with Gasteiger partial charge in [0.05, 0.1) is 10.6 Å². The third-order valence-corrected chi connectivity index (χ3v) is 9.88.